The van der Waals surface area contributed by atoms with Gasteiger partial charge in [-0.1, -0.05) is 6.07 Å². The maximum absolute atomic E-state index is 10.6. The molecule has 2 aromatic rings. The number of pyridine rings is 1. The van der Waals surface area contributed by atoms with E-state index in [0.717, 1.165) is 37.6 Å². The molecule has 6 heteroatoms. The zero-order valence-corrected chi connectivity index (χ0v) is 14.0. The van der Waals surface area contributed by atoms with Crippen molar-refractivity contribution in [2.45, 2.75) is 26.0 Å². The number of aryl methyl sites for hydroxylation is 1. The molecule has 1 aliphatic heterocycles. The molecule has 0 aromatic carbocycles. The lowest BCUT2D eigenvalue weighted by atomic mass is 10.1. The van der Waals surface area contributed by atoms with Gasteiger partial charge in [-0.05, 0) is 25.5 Å². The second kappa shape index (κ2) is 6.97. The SMILES string of the molecule is Cc1ccc2ncc(CNCC(C)(O)CN3CCOCC3)n2c1. The molecule has 1 aliphatic rings. The number of rotatable bonds is 6. The molecule has 23 heavy (non-hydrogen) atoms. The first-order valence-electron chi connectivity index (χ1n) is 8.19. The number of fused-ring (bicyclic) bond motifs is 1. The third-order valence-corrected chi connectivity index (χ3v) is 4.21. The summed E-state index contributed by atoms with van der Waals surface area (Å²) >= 11 is 0. The van der Waals surface area contributed by atoms with Crippen molar-refractivity contribution < 1.29 is 9.84 Å². The van der Waals surface area contributed by atoms with Crippen LogP contribution in [0.2, 0.25) is 0 Å². The summed E-state index contributed by atoms with van der Waals surface area (Å²) in [5.41, 5.74) is 2.50. The van der Waals surface area contributed by atoms with Gasteiger partial charge in [0.2, 0.25) is 0 Å². The van der Waals surface area contributed by atoms with Crippen LogP contribution in [0.5, 0.6) is 0 Å². The van der Waals surface area contributed by atoms with E-state index in [1.165, 1.54) is 5.56 Å². The van der Waals surface area contributed by atoms with Crippen LogP contribution in [0.15, 0.2) is 24.5 Å². The average Bonchev–Trinajstić information content (AvgIpc) is 2.90. The van der Waals surface area contributed by atoms with E-state index in [2.05, 4.69) is 38.8 Å². The first-order valence-corrected chi connectivity index (χ1v) is 8.19. The molecule has 1 saturated heterocycles. The Hall–Kier alpha value is -1.47. The minimum atomic E-state index is -0.756. The Kier molecular flexibility index (Phi) is 4.96. The van der Waals surface area contributed by atoms with E-state index in [1.807, 2.05) is 19.2 Å². The Morgan fingerprint density at radius 1 is 1.35 bits per heavy atom. The zero-order chi connectivity index (χ0) is 16.3. The van der Waals surface area contributed by atoms with Gasteiger partial charge in [0.05, 0.1) is 30.7 Å². The Morgan fingerprint density at radius 2 is 2.13 bits per heavy atom. The van der Waals surface area contributed by atoms with Gasteiger partial charge in [-0.15, -0.1) is 0 Å². The first-order chi connectivity index (χ1) is 11.0. The molecule has 1 unspecified atom stereocenters. The Morgan fingerprint density at radius 3 is 2.91 bits per heavy atom. The summed E-state index contributed by atoms with van der Waals surface area (Å²) < 4.78 is 7.44. The van der Waals surface area contributed by atoms with Crippen molar-refractivity contribution in [1.29, 1.82) is 0 Å². The van der Waals surface area contributed by atoms with Crippen molar-refractivity contribution in [3.63, 3.8) is 0 Å². The quantitative estimate of drug-likeness (QED) is 0.825. The number of aliphatic hydroxyl groups is 1. The molecule has 0 spiro atoms. The van der Waals surface area contributed by atoms with Gasteiger partial charge in [0.15, 0.2) is 0 Å². The van der Waals surface area contributed by atoms with Crippen LogP contribution in [0, 0.1) is 6.92 Å². The minimum Gasteiger partial charge on any atom is -0.388 e. The number of hydrogen-bond acceptors (Lipinski definition) is 5. The lowest BCUT2D eigenvalue weighted by Crippen LogP contribution is -2.50. The maximum atomic E-state index is 10.6. The molecule has 2 aromatic heterocycles. The molecule has 0 amide bonds. The molecular formula is C17H26N4O2. The normalized spacial score (nSPS) is 19.1. The number of morpholine rings is 1. The van der Waals surface area contributed by atoms with Crippen LogP contribution in [0.3, 0.4) is 0 Å². The van der Waals surface area contributed by atoms with Crippen molar-refractivity contribution in [2.75, 3.05) is 39.4 Å². The van der Waals surface area contributed by atoms with Crippen LogP contribution in [0.25, 0.3) is 5.65 Å². The van der Waals surface area contributed by atoms with Crippen molar-refractivity contribution in [3.8, 4) is 0 Å². The number of nitrogens with one attached hydrogen (secondary N) is 1. The summed E-state index contributed by atoms with van der Waals surface area (Å²) in [5.74, 6) is 0. The fourth-order valence-electron chi connectivity index (χ4n) is 3.02. The predicted molar refractivity (Wildman–Crippen MR) is 89.5 cm³/mol. The number of ether oxygens (including phenoxy) is 1. The summed E-state index contributed by atoms with van der Waals surface area (Å²) in [7, 11) is 0. The molecule has 3 rings (SSSR count). The smallest absolute Gasteiger partial charge is 0.136 e. The van der Waals surface area contributed by atoms with E-state index < -0.39 is 5.60 Å². The van der Waals surface area contributed by atoms with Crippen LogP contribution in [0.1, 0.15) is 18.2 Å². The number of hydrogen-bond donors (Lipinski definition) is 2. The van der Waals surface area contributed by atoms with Crippen molar-refractivity contribution in [1.82, 2.24) is 19.6 Å². The van der Waals surface area contributed by atoms with E-state index in [-0.39, 0.29) is 0 Å². The van der Waals surface area contributed by atoms with Gasteiger partial charge >= 0.3 is 0 Å². The number of β-amino-alcohol motifs (C(OH)–C–C–N with tert-alkyl or cyclic N) is 1. The highest BCUT2D eigenvalue weighted by atomic mass is 16.5. The summed E-state index contributed by atoms with van der Waals surface area (Å²) in [6.07, 6.45) is 3.98. The van der Waals surface area contributed by atoms with Gasteiger partial charge in [-0.25, -0.2) is 4.98 Å². The van der Waals surface area contributed by atoms with E-state index in [1.54, 1.807) is 0 Å². The van der Waals surface area contributed by atoms with Crippen LogP contribution < -0.4 is 5.32 Å². The molecule has 1 fully saturated rings. The second-order valence-corrected chi connectivity index (χ2v) is 6.67. The van der Waals surface area contributed by atoms with E-state index in [9.17, 15) is 5.11 Å². The fourth-order valence-corrected chi connectivity index (χ4v) is 3.02. The monoisotopic (exact) mass is 318 g/mol. The lowest BCUT2D eigenvalue weighted by molar-refractivity contribution is -0.0219. The standard InChI is InChI=1S/C17H26N4O2/c1-14-3-4-16-19-10-15(21(16)11-14)9-18-12-17(2,22)13-20-5-7-23-8-6-20/h3-4,10-11,18,22H,5-9,12-13H2,1-2H3. The topological polar surface area (TPSA) is 62.0 Å². The molecule has 1 atom stereocenters. The predicted octanol–water partition coefficient (Wildman–Crippen LogP) is 0.816. The van der Waals surface area contributed by atoms with E-state index in [0.29, 0.717) is 19.6 Å². The molecule has 2 N–H and O–H groups in total. The van der Waals surface area contributed by atoms with Crippen LogP contribution in [-0.4, -0.2) is 64.4 Å². The summed E-state index contributed by atoms with van der Waals surface area (Å²) in [6, 6.07) is 4.08. The third-order valence-electron chi connectivity index (χ3n) is 4.21. The largest absolute Gasteiger partial charge is 0.388 e. The van der Waals surface area contributed by atoms with Crippen LogP contribution in [-0.2, 0) is 11.3 Å². The highest BCUT2D eigenvalue weighted by molar-refractivity contribution is 5.41. The lowest BCUT2D eigenvalue weighted by Gasteiger charge is -2.34. The number of aromatic nitrogens is 2. The van der Waals surface area contributed by atoms with Crippen molar-refractivity contribution >= 4 is 5.65 Å². The number of nitrogens with zero attached hydrogens (tertiary/aromatic N) is 3. The fraction of sp³-hybridized carbons (Fsp3) is 0.588. The molecule has 0 bridgehead atoms. The molecule has 0 radical (unpaired) electrons. The Bertz CT molecular complexity index is 647. The van der Waals surface area contributed by atoms with Gasteiger partial charge in [0, 0.05) is 38.9 Å². The highest BCUT2D eigenvalue weighted by Gasteiger charge is 2.24. The van der Waals surface area contributed by atoms with Gasteiger partial charge in [0.25, 0.3) is 0 Å². The van der Waals surface area contributed by atoms with Crippen LogP contribution >= 0.6 is 0 Å². The first kappa shape index (κ1) is 16.4. The molecule has 6 nitrogen and oxygen atoms in total. The zero-order valence-electron chi connectivity index (χ0n) is 14.0. The highest BCUT2D eigenvalue weighted by Crippen LogP contribution is 2.10. The summed E-state index contributed by atoms with van der Waals surface area (Å²) in [6.45, 7) is 9.14. The maximum Gasteiger partial charge on any atom is 0.136 e. The third kappa shape index (κ3) is 4.29. The summed E-state index contributed by atoms with van der Waals surface area (Å²) in [4.78, 5) is 6.66. The molecule has 3 heterocycles. The van der Waals surface area contributed by atoms with Gasteiger partial charge in [-0.3, -0.25) is 4.90 Å². The average molecular weight is 318 g/mol. The Balaban J connectivity index is 1.54. The van der Waals surface area contributed by atoms with Crippen molar-refractivity contribution in [3.05, 3.63) is 35.8 Å². The van der Waals surface area contributed by atoms with Gasteiger partial charge in [0.1, 0.15) is 5.65 Å². The van der Waals surface area contributed by atoms with Crippen molar-refractivity contribution in [2.24, 2.45) is 0 Å². The Labute approximate surface area is 137 Å². The van der Waals surface area contributed by atoms with Crippen LogP contribution in [0.4, 0.5) is 0 Å². The second-order valence-electron chi connectivity index (χ2n) is 6.67. The van der Waals surface area contributed by atoms with E-state index in [4.69, 9.17) is 4.74 Å². The van der Waals surface area contributed by atoms with E-state index >= 15 is 0 Å². The molecule has 0 aliphatic carbocycles. The minimum absolute atomic E-state index is 0.545. The number of imidazole rings is 1. The van der Waals surface area contributed by atoms with Gasteiger partial charge < -0.3 is 19.6 Å². The summed E-state index contributed by atoms with van der Waals surface area (Å²) in [5, 5.41) is 13.9. The molecule has 0 saturated carbocycles. The van der Waals surface area contributed by atoms with Gasteiger partial charge in [-0.2, -0.15) is 0 Å². The molecular weight excluding hydrogens is 292 g/mol. The molecule has 126 valence electrons.